The highest BCUT2D eigenvalue weighted by Crippen LogP contribution is 2.26. The van der Waals surface area contributed by atoms with E-state index in [1.165, 1.54) is 23.9 Å². The molecule has 3 rings (SSSR count). The number of carbonyl (C=O) groups is 1. The van der Waals surface area contributed by atoms with Crippen LogP contribution in [-0.4, -0.2) is 20.0 Å². The van der Waals surface area contributed by atoms with E-state index in [1.807, 2.05) is 31.4 Å². The van der Waals surface area contributed by atoms with Crippen LogP contribution in [0.15, 0.2) is 39.4 Å². The van der Waals surface area contributed by atoms with E-state index in [0.29, 0.717) is 0 Å². The van der Waals surface area contributed by atoms with Crippen LogP contribution >= 0.6 is 11.3 Å². The molecule has 7 nitrogen and oxygen atoms in total. The Morgan fingerprint density at radius 3 is 2.58 bits per heavy atom. The van der Waals surface area contributed by atoms with Crippen molar-refractivity contribution in [2.24, 2.45) is 20.0 Å². The molecule has 0 saturated heterocycles. The Morgan fingerprint density at radius 1 is 1.23 bits per heavy atom. The molecule has 0 aliphatic heterocycles. The molecule has 3 aromatic rings. The quantitative estimate of drug-likeness (QED) is 0.757. The summed E-state index contributed by atoms with van der Waals surface area (Å²) in [5.41, 5.74) is -0.377. The second-order valence-corrected chi connectivity index (χ2v) is 7.49. The van der Waals surface area contributed by atoms with Gasteiger partial charge >= 0.3 is 5.69 Å². The maximum absolute atomic E-state index is 12.7. The van der Waals surface area contributed by atoms with Gasteiger partial charge in [-0.15, -0.1) is 11.3 Å². The molecule has 0 bridgehead atoms. The van der Waals surface area contributed by atoms with Gasteiger partial charge in [-0.1, -0.05) is 19.9 Å². The molecule has 26 heavy (non-hydrogen) atoms. The van der Waals surface area contributed by atoms with Crippen LogP contribution in [0.3, 0.4) is 0 Å². The molecule has 0 aromatic carbocycles. The number of nitrogens with zero attached hydrogens (tertiary/aromatic N) is 3. The van der Waals surface area contributed by atoms with E-state index >= 15 is 0 Å². The van der Waals surface area contributed by atoms with Gasteiger partial charge in [-0.05, 0) is 23.4 Å². The van der Waals surface area contributed by atoms with Crippen LogP contribution in [0.5, 0.6) is 0 Å². The normalized spacial score (nSPS) is 12.5. The van der Waals surface area contributed by atoms with Crippen molar-refractivity contribution in [2.75, 3.05) is 0 Å². The van der Waals surface area contributed by atoms with Gasteiger partial charge in [-0.25, -0.2) is 9.78 Å². The average molecular weight is 372 g/mol. The Kier molecular flexibility index (Phi) is 4.78. The van der Waals surface area contributed by atoms with Crippen molar-refractivity contribution >= 4 is 28.3 Å². The first-order chi connectivity index (χ1) is 12.3. The lowest BCUT2D eigenvalue weighted by Gasteiger charge is -2.21. The number of hydrogen-bond acceptors (Lipinski definition) is 5. The van der Waals surface area contributed by atoms with Gasteiger partial charge in [0.15, 0.2) is 0 Å². The Labute approximate surface area is 153 Å². The highest BCUT2D eigenvalue weighted by molar-refractivity contribution is 7.10. The first kappa shape index (κ1) is 18.1. The van der Waals surface area contributed by atoms with E-state index in [9.17, 15) is 14.4 Å². The SMILES string of the molecule is CC(C)[C@H](NC(=O)c1cnc2c(c1)c(=O)n(C)c(=O)n2C)c1cccs1. The summed E-state index contributed by atoms with van der Waals surface area (Å²) in [6.07, 6.45) is 1.39. The van der Waals surface area contributed by atoms with Gasteiger partial charge in [-0.3, -0.25) is 18.7 Å². The number of pyridine rings is 1. The Morgan fingerprint density at radius 2 is 1.96 bits per heavy atom. The summed E-state index contributed by atoms with van der Waals surface area (Å²) in [7, 11) is 2.95. The number of rotatable bonds is 4. The van der Waals surface area contributed by atoms with Gasteiger partial charge in [0.05, 0.1) is 17.0 Å². The summed E-state index contributed by atoms with van der Waals surface area (Å²) in [5.74, 6) is -0.0953. The number of aromatic nitrogens is 3. The van der Waals surface area contributed by atoms with Crippen LogP contribution in [0.4, 0.5) is 0 Å². The molecule has 0 spiro atoms. The fraction of sp³-hybridized carbons (Fsp3) is 0.333. The molecule has 8 heteroatoms. The molecule has 3 aromatic heterocycles. The minimum absolute atomic E-state index is 0.124. The summed E-state index contributed by atoms with van der Waals surface area (Å²) >= 11 is 1.59. The van der Waals surface area contributed by atoms with E-state index in [1.54, 1.807) is 18.4 Å². The minimum atomic E-state index is -0.469. The number of carbonyl (C=O) groups excluding carboxylic acids is 1. The van der Waals surface area contributed by atoms with Crippen molar-refractivity contribution < 1.29 is 4.79 Å². The minimum Gasteiger partial charge on any atom is -0.344 e. The molecule has 136 valence electrons. The van der Waals surface area contributed by atoms with E-state index in [-0.39, 0.29) is 34.5 Å². The molecule has 3 heterocycles. The molecule has 0 aliphatic carbocycles. The number of fused-ring (bicyclic) bond motifs is 1. The monoisotopic (exact) mass is 372 g/mol. The first-order valence-electron chi connectivity index (χ1n) is 8.21. The number of thiophene rings is 1. The van der Waals surface area contributed by atoms with Crippen LogP contribution in [0.25, 0.3) is 11.0 Å². The predicted octanol–water partition coefficient (Wildman–Crippen LogP) is 1.82. The third kappa shape index (κ3) is 3.08. The molecule has 1 amide bonds. The van der Waals surface area contributed by atoms with Gasteiger partial charge in [-0.2, -0.15) is 0 Å². The zero-order chi connectivity index (χ0) is 19.0. The highest BCUT2D eigenvalue weighted by atomic mass is 32.1. The summed E-state index contributed by atoms with van der Waals surface area (Å²) in [4.78, 5) is 42.3. The van der Waals surface area contributed by atoms with Crippen LogP contribution < -0.4 is 16.6 Å². The smallest absolute Gasteiger partial charge is 0.332 e. The van der Waals surface area contributed by atoms with Crippen molar-refractivity contribution in [3.05, 3.63) is 61.1 Å². The molecule has 1 N–H and O–H groups in total. The summed E-state index contributed by atoms with van der Waals surface area (Å²) in [6, 6.07) is 5.30. The largest absolute Gasteiger partial charge is 0.344 e. The summed E-state index contributed by atoms with van der Waals surface area (Å²) in [6.45, 7) is 4.07. The van der Waals surface area contributed by atoms with E-state index in [0.717, 1.165) is 9.44 Å². The summed E-state index contributed by atoms with van der Waals surface area (Å²) < 4.78 is 2.30. The maximum atomic E-state index is 12.7. The Bertz CT molecular complexity index is 1080. The Balaban J connectivity index is 2.01. The van der Waals surface area contributed by atoms with Crippen molar-refractivity contribution in [3.8, 4) is 0 Å². The number of amides is 1. The topological polar surface area (TPSA) is 86.0 Å². The number of hydrogen-bond donors (Lipinski definition) is 1. The van der Waals surface area contributed by atoms with E-state index in [4.69, 9.17) is 0 Å². The third-order valence-electron chi connectivity index (χ3n) is 4.36. The fourth-order valence-corrected chi connectivity index (χ4v) is 3.80. The number of aryl methyl sites for hydroxylation is 1. The zero-order valence-corrected chi connectivity index (χ0v) is 15.8. The first-order valence-corrected chi connectivity index (χ1v) is 9.09. The van der Waals surface area contributed by atoms with Gasteiger partial charge < -0.3 is 5.32 Å². The average Bonchev–Trinajstić information content (AvgIpc) is 3.15. The van der Waals surface area contributed by atoms with Crippen molar-refractivity contribution in [1.82, 2.24) is 19.4 Å². The molecular weight excluding hydrogens is 352 g/mol. The predicted molar refractivity (Wildman–Crippen MR) is 102 cm³/mol. The molecule has 0 radical (unpaired) electrons. The van der Waals surface area contributed by atoms with Gasteiger partial charge in [0, 0.05) is 25.2 Å². The summed E-state index contributed by atoms with van der Waals surface area (Å²) in [5, 5.41) is 5.22. The lowest BCUT2D eigenvalue weighted by atomic mass is 10.0. The number of nitrogens with one attached hydrogen (secondary N) is 1. The molecule has 0 unspecified atom stereocenters. The molecule has 0 fully saturated rings. The molecule has 0 saturated carbocycles. The third-order valence-corrected chi connectivity index (χ3v) is 5.31. The van der Waals surface area contributed by atoms with Gasteiger partial charge in [0.25, 0.3) is 11.5 Å². The van der Waals surface area contributed by atoms with Gasteiger partial charge in [0.1, 0.15) is 5.65 Å². The standard InChI is InChI=1S/C18H20N4O3S/c1-10(2)14(13-6-5-7-26-13)20-16(23)11-8-12-15(19-9-11)21(3)18(25)22(4)17(12)24/h5-10,14H,1-4H3,(H,20,23)/t14-/m0/s1. The lowest BCUT2D eigenvalue weighted by molar-refractivity contribution is 0.0926. The zero-order valence-electron chi connectivity index (χ0n) is 15.0. The van der Waals surface area contributed by atoms with Crippen LogP contribution in [0.2, 0.25) is 0 Å². The van der Waals surface area contributed by atoms with Crippen molar-refractivity contribution in [3.63, 3.8) is 0 Å². The molecule has 0 aliphatic rings. The van der Waals surface area contributed by atoms with Crippen molar-refractivity contribution in [1.29, 1.82) is 0 Å². The van der Waals surface area contributed by atoms with E-state index < -0.39 is 11.2 Å². The highest BCUT2D eigenvalue weighted by Gasteiger charge is 2.21. The van der Waals surface area contributed by atoms with Crippen LogP contribution in [-0.2, 0) is 14.1 Å². The fourth-order valence-electron chi connectivity index (χ4n) is 2.85. The van der Waals surface area contributed by atoms with E-state index in [2.05, 4.69) is 10.3 Å². The van der Waals surface area contributed by atoms with Crippen molar-refractivity contribution in [2.45, 2.75) is 19.9 Å². The second-order valence-electron chi connectivity index (χ2n) is 6.51. The van der Waals surface area contributed by atoms with Gasteiger partial charge in [0.2, 0.25) is 0 Å². The lowest BCUT2D eigenvalue weighted by Crippen LogP contribution is -2.37. The van der Waals surface area contributed by atoms with Crippen LogP contribution in [0.1, 0.15) is 35.1 Å². The van der Waals surface area contributed by atoms with Crippen LogP contribution in [0, 0.1) is 5.92 Å². The Hall–Kier alpha value is -2.74. The maximum Gasteiger partial charge on any atom is 0.332 e. The molecular formula is C18H20N4O3S. The second kappa shape index (κ2) is 6.87. The molecule has 1 atom stereocenters.